The molecule has 1 aliphatic heterocycles. The average Bonchev–Trinajstić information content (AvgIpc) is 2.46. The van der Waals surface area contributed by atoms with E-state index in [2.05, 4.69) is 22.6 Å². The first-order chi connectivity index (χ1) is 9.69. The van der Waals surface area contributed by atoms with Crippen molar-refractivity contribution in [1.82, 2.24) is 10.2 Å². The highest BCUT2D eigenvalue weighted by atomic mass is 16.1. The Morgan fingerprint density at radius 1 is 1.35 bits per heavy atom. The topological polar surface area (TPSA) is 44.4 Å². The maximum absolute atomic E-state index is 11.7. The molecule has 1 aromatic rings. The number of nitrogens with one attached hydrogen (secondary N) is 2. The quantitative estimate of drug-likeness (QED) is 0.866. The van der Waals surface area contributed by atoms with Crippen molar-refractivity contribution in [2.75, 3.05) is 38.5 Å². The second-order valence-corrected chi connectivity index (χ2v) is 5.59. The SMILES string of the molecule is CCNC(=O)c1ccc(NCC2CCCN(C)C2)cc1. The summed E-state index contributed by atoms with van der Waals surface area (Å²) in [6.45, 7) is 5.98. The summed E-state index contributed by atoms with van der Waals surface area (Å²) >= 11 is 0. The van der Waals surface area contributed by atoms with Crippen LogP contribution in [0.15, 0.2) is 24.3 Å². The molecule has 2 N–H and O–H groups in total. The van der Waals surface area contributed by atoms with Gasteiger partial charge in [-0.25, -0.2) is 0 Å². The van der Waals surface area contributed by atoms with Gasteiger partial charge in [0.15, 0.2) is 0 Å². The van der Waals surface area contributed by atoms with Crippen molar-refractivity contribution >= 4 is 11.6 Å². The average molecular weight is 275 g/mol. The lowest BCUT2D eigenvalue weighted by molar-refractivity contribution is 0.0956. The van der Waals surface area contributed by atoms with Gasteiger partial charge < -0.3 is 15.5 Å². The molecule has 1 atom stereocenters. The number of rotatable bonds is 5. The van der Waals surface area contributed by atoms with Gasteiger partial charge in [0.05, 0.1) is 0 Å². The number of hydrogen-bond acceptors (Lipinski definition) is 3. The van der Waals surface area contributed by atoms with Crippen LogP contribution in [0.1, 0.15) is 30.1 Å². The van der Waals surface area contributed by atoms with Crippen molar-refractivity contribution in [1.29, 1.82) is 0 Å². The largest absolute Gasteiger partial charge is 0.385 e. The predicted molar refractivity (Wildman–Crippen MR) is 83.2 cm³/mol. The molecule has 1 unspecified atom stereocenters. The molecule has 4 heteroatoms. The van der Waals surface area contributed by atoms with Gasteiger partial charge in [0, 0.05) is 30.9 Å². The number of piperidine rings is 1. The number of amides is 1. The lowest BCUT2D eigenvalue weighted by Crippen LogP contribution is -2.35. The van der Waals surface area contributed by atoms with E-state index in [4.69, 9.17) is 0 Å². The lowest BCUT2D eigenvalue weighted by atomic mass is 9.98. The Kier molecular flexibility index (Phi) is 5.41. The van der Waals surface area contributed by atoms with E-state index in [0.29, 0.717) is 6.54 Å². The molecule has 1 aliphatic rings. The van der Waals surface area contributed by atoms with E-state index in [1.54, 1.807) is 0 Å². The van der Waals surface area contributed by atoms with E-state index < -0.39 is 0 Å². The molecule has 0 bridgehead atoms. The van der Waals surface area contributed by atoms with Gasteiger partial charge in [0.2, 0.25) is 0 Å². The third-order valence-corrected chi connectivity index (χ3v) is 3.80. The van der Waals surface area contributed by atoms with Crippen molar-refractivity contribution < 1.29 is 4.79 Å². The van der Waals surface area contributed by atoms with Gasteiger partial charge in [0.1, 0.15) is 0 Å². The van der Waals surface area contributed by atoms with Crippen molar-refractivity contribution in [2.45, 2.75) is 19.8 Å². The van der Waals surface area contributed by atoms with E-state index in [-0.39, 0.29) is 5.91 Å². The summed E-state index contributed by atoms with van der Waals surface area (Å²) in [7, 11) is 2.19. The van der Waals surface area contributed by atoms with Crippen molar-refractivity contribution in [3.8, 4) is 0 Å². The molecular weight excluding hydrogens is 250 g/mol. The maximum atomic E-state index is 11.7. The van der Waals surface area contributed by atoms with Crippen molar-refractivity contribution in [3.05, 3.63) is 29.8 Å². The minimum Gasteiger partial charge on any atom is -0.385 e. The first-order valence-corrected chi connectivity index (χ1v) is 7.49. The third kappa shape index (κ3) is 4.23. The molecule has 1 heterocycles. The number of carbonyl (C=O) groups is 1. The maximum Gasteiger partial charge on any atom is 0.251 e. The summed E-state index contributed by atoms with van der Waals surface area (Å²) in [6, 6.07) is 7.72. The van der Waals surface area contributed by atoms with Crippen LogP contribution in [0.4, 0.5) is 5.69 Å². The number of carbonyl (C=O) groups excluding carboxylic acids is 1. The molecule has 1 amide bonds. The highest BCUT2D eigenvalue weighted by Gasteiger charge is 2.16. The smallest absolute Gasteiger partial charge is 0.251 e. The highest BCUT2D eigenvalue weighted by molar-refractivity contribution is 5.94. The second kappa shape index (κ2) is 7.29. The van der Waals surface area contributed by atoms with E-state index >= 15 is 0 Å². The van der Waals surface area contributed by atoms with Crippen LogP contribution in [-0.4, -0.2) is 44.0 Å². The van der Waals surface area contributed by atoms with Crippen LogP contribution in [0.2, 0.25) is 0 Å². The van der Waals surface area contributed by atoms with Gasteiger partial charge in [-0.1, -0.05) is 0 Å². The van der Waals surface area contributed by atoms with Gasteiger partial charge in [-0.05, 0) is 63.5 Å². The first kappa shape index (κ1) is 14.9. The summed E-state index contributed by atoms with van der Waals surface area (Å²) < 4.78 is 0. The van der Waals surface area contributed by atoms with Crippen molar-refractivity contribution in [2.24, 2.45) is 5.92 Å². The van der Waals surface area contributed by atoms with Gasteiger partial charge >= 0.3 is 0 Å². The molecule has 1 aromatic carbocycles. The molecule has 4 nitrogen and oxygen atoms in total. The standard InChI is InChI=1S/C16H25N3O/c1-3-17-16(20)14-6-8-15(9-7-14)18-11-13-5-4-10-19(2)12-13/h6-9,13,18H,3-5,10-12H2,1-2H3,(H,17,20). The number of likely N-dealkylation sites (tertiary alicyclic amines) is 1. The summed E-state index contributed by atoms with van der Waals surface area (Å²) in [6.07, 6.45) is 2.59. The van der Waals surface area contributed by atoms with Crippen molar-refractivity contribution in [3.63, 3.8) is 0 Å². The molecule has 0 aromatic heterocycles. The Hall–Kier alpha value is -1.55. The van der Waals surface area contributed by atoms with Gasteiger partial charge in [-0.2, -0.15) is 0 Å². The molecule has 0 radical (unpaired) electrons. The molecule has 1 fully saturated rings. The van der Waals surface area contributed by atoms with E-state index in [1.165, 1.54) is 25.9 Å². The van der Waals surface area contributed by atoms with Gasteiger partial charge in [-0.3, -0.25) is 4.79 Å². The Labute approximate surface area is 121 Å². The lowest BCUT2D eigenvalue weighted by Gasteiger charge is -2.29. The molecule has 2 rings (SSSR count). The van der Waals surface area contributed by atoms with Gasteiger partial charge in [-0.15, -0.1) is 0 Å². The first-order valence-electron chi connectivity index (χ1n) is 7.49. The molecule has 20 heavy (non-hydrogen) atoms. The third-order valence-electron chi connectivity index (χ3n) is 3.80. The summed E-state index contributed by atoms with van der Waals surface area (Å²) in [5, 5.41) is 6.28. The number of benzene rings is 1. The number of hydrogen-bond donors (Lipinski definition) is 2. The zero-order valence-electron chi connectivity index (χ0n) is 12.5. The Morgan fingerprint density at radius 3 is 2.75 bits per heavy atom. The number of nitrogens with zero attached hydrogens (tertiary/aromatic N) is 1. The van der Waals surface area contributed by atoms with E-state index in [1.807, 2.05) is 31.2 Å². The monoisotopic (exact) mass is 275 g/mol. The zero-order valence-corrected chi connectivity index (χ0v) is 12.5. The van der Waals surface area contributed by atoms with Crippen LogP contribution in [0.25, 0.3) is 0 Å². The van der Waals surface area contributed by atoms with Crippen LogP contribution in [-0.2, 0) is 0 Å². The number of anilines is 1. The molecule has 0 aliphatic carbocycles. The molecule has 0 saturated carbocycles. The normalized spacial score (nSPS) is 19.6. The Balaban J connectivity index is 1.83. The summed E-state index contributed by atoms with van der Waals surface area (Å²) in [5.41, 5.74) is 1.81. The van der Waals surface area contributed by atoms with Gasteiger partial charge in [0.25, 0.3) is 5.91 Å². The van der Waals surface area contributed by atoms with Crippen LogP contribution < -0.4 is 10.6 Å². The summed E-state index contributed by atoms with van der Waals surface area (Å²) in [5.74, 6) is 0.713. The minimum atomic E-state index is -0.00652. The Morgan fingerprint density at radius 2 is 2.10 bits per heavy atom. The highest BCUT2D eigenvalue weighted by Crippen LogP contribution is 2.16. The van der Waals surface area contributed by atoms with Crippen LogP contribution in [0.5, 0.6) is 0 Å². The fourth-order valence-corrected chi connectivity index (χ4v) is 2.70. The van der Waals surface area contributed by atoms with E-state index in [9.17, 15) is 4.79 Å². The fraction of sp³-hybridized carbons (Fsp3) is 0.562. The zero-order chi connectivity index (χ0) is 14.4. The second-order valence-electron chi connectivity index (χ2n) is 5.59. The summed E-state index contributed by atoms with van der Waals surface area (Å²) in [4.78, 5) is 14.1. The van der Waals surface area contributed by atoms with Crippen LogP contribution in [0.3, 0.4) is 0 Å². The molecule has 110 valence electrons. The molecular formula is C16H25N3O. The van der Waals surface area contributed by atoms with Crippen LogP contribution >= 0.6 is 0 Å². The van der Waals surface area contributed by atoms with E-state index in [0.717, 1.165) is 23.7 Å². The molecule has 0 spiro atoms. The Bertz CT molecular complexity index is 430. The molecule has 1 saturated heterocycles. The minimum absolute atomic E-state index is 0.00652. The van der Waals surface area contributed by atoms with Crippen LogP contribution in [0, 0.1) is 5.92 Å². The fourth-order valence-electron chi connectivity index (χ4n) is 2.70. The predicted octanol–water partition coefficient (Wildman–Crippen LogP) is 2.19.